The van der Waals surface area contributed by atoms with Crippen molar-refractivity contribution < 1.29 is 0 Å². The average molecular weight is 259 g/mol. The lowest BCUT2D eigenvalue weighted by molar-refractivity contribution is 0.978. The smallest absolute Gasteiger partial charge is 0.107 e. The van der Waals surface area contributed by atoms with Gasteiger partial charge in [0.2, 0.25) is 0 Å². The first kappa shape index (κ1) is 13.4. The summed E-state index contributed by atoms with van der Waals surface area (Å²) in [6, 6.07) is 13.2. The minimum Gasteiger partial charge on any atom is -0.351 e. The molecule has 1 heterocycles. The lowest BCUT2D eigenvalue weighted by Crippen LogP contribution is -2.49. The number of aromatic nitrogens is 1. The molecule has 2 rings (SSSR count). The number of para-hydroxylation sites is 1. The maximum Gasteiger partial charge on any atom is 0.107 e. The average Bonchev–Trinajstić information content (AvgIpc) is 2.72. The van der Waals surface area contributed by atoms with E-state index in [-0.39, 0.29) is 0 Å². The van der Waals surface area contributed by atoms with Crippen molar-refractivity contribution in [3.63, 3.8) is 0 Å². The lowest BCUT2D eigenvalue weighted by Gasteiger charge is -2.29. The van der Waals surface area contributed by atoms with Gasteiger partial charge in [-0.25, -0.2) is 0 Å². The predicted octanol–water partition coefficient (Wildman–Crippen LogP) is 4.20. The second kappa shape index (κ2) is 4.92. The van der Waals surface area contributed by atoms with Gasteiger partial charge >= 0.3 is 0 Å². The van der Waals surface area contributed by atoms with E-state index in [2.05, 4.69) is 63.6 Å². The summed E-state index contributed by atoms with van der Waals surface area (Å²) in [6.45, 7) is 9.36. The van der Waals surface area contributed by atoms with Crippen molar-refractivity contribution in [2.24, 2.45) is 7.05 Å². The minimum absolute atomic E-state index is 1.28. The first-order chi connectivity index (χ1) is 8.59. The van der Waals surface area contributed by atoms with E-state index in [1.165, 1.54) is 34.6 Å². The zero-order valence-corrected chi connectivity index (χ0v) is 13.4. The lowest BCUT2D eigenvalue weighted by atomic mass is 10.2. The minimum atomic E-state index is -1.28. The van der Waals surface area contributed by atoms with Crippen LogP contribution in [-0.4, -0.2) is 12.6 Å². The molecule has 0 fully saturated rings. The third-order valence-corrected chi connectivity index (χ3v) is 10.5. The van der Waals surface area contributed by atoms with Crippen LogP contribution in [0.3, 0.4) is 0 Å². The Morgan fingerprint density at radius 1 is 1.06 bits per heavy atom. The van der Waals surface area contributed by atoms with Crippen molar-refractivity contribution in [3.05, 3.63) is 29.8 Å². The van der Waals surface area contributed by atoms with Crippen molar-refractivity contribution in [1.82, 2.24) is 4.57 Å². The van der Waals surface area contributed by atoms with Crippen LogP contribution in [0.15, 0.2) is 24.3 Å². The molecule has 0 radical (unpaired) electrons. The summed E-state index contributed by atoms with van der Waals surface area (Å²) in [5.41, 5.74) is 2.83. The topological polar surface area (TPSA) is 4.93 Å². The summed E-state index contributed by atoms with van der Waals surface area (Å²) in [5.74, 6) is 0. The van der Waals surface area contributed by atoms with Crippen molar-refractivity contribution in [2.45, 2.75) is 45.8 Å². The van der Waals surface area contributed by atoms with E-state index < -0.39 is 8.07 Å². The van der Waals surface area contributed by atoms with Gasteiger partial charge in [-0.15, -0.1) is 0 Å². The molecule has 1 nitrogen and oxygen atoms in total. The van der Waals surface area contributed by atoms with Crippen molar-refractivity contribution in [3.8, 4) is 0 Å². The third-order valence-electron chi connectivity index (χ3n) is 4.83. The quantitative estimate of drug-likeness (QED) is 0.725. The third kappa shape index (κ3) is 1.83. The summed E-state index contributed by atoms with van der Waals surface area (Å²) in [7, 11) is 0.976. The zero-order valence-electron chi connectivity index (χ0n) is 12.4. The van der Waals surface area contributed by atoms with E-state index in [1.807, 2.05) is 0 Å². The Bertz CT molecular complexity index is 541. The molecular weight excluding hydrogens is 234 g/mol. The van der Waals surface area contributed by atoms with Gasteiger partial charge in [-0.2, -0.15) is 0 Å². The van der Waals surface area contributed by atoms with Gasteiger partial charge in [-0.05, 0) is 23.9 Å². The molecule has 2 aromatic rings. The summed E-state index contributed by atoms with van der Waals surface area (Å²) in [6.07, 6.45) is 0. The molecule has 0 amide bonds. The summed E-state index contributed by atoms with van der Waals surface area (Å²) in [5, 5.41) is 3.05. The number of nitrogens with zero attached hydrogens (tertiary/aromatic N) is 1. The fourth-order valence-electron chi connectivity index (χ4n) is 3.42. The molecule has 1 aromatic carbocycles. The Labute approximate surface area is 112 Å². The van der Waals surface area contributed by atoms with E-state index in [0.717, 1.165) is 0 Å². The molecule has 98 valence electrons. The molecule has 0 unspecified atom stereocenters. The number of benzene rings is 1. The summed E-state index contributed by atoms with van der Waals surface area (Å²) in [4.78, 5) is 0. The first-order valence-corrected chi connectivity index (χ1v) is 9.77. The highest BCUT2D eigenvalue weighted by Crippen LogP contribution is 2.25. The number of aryl methyl sites for hydroxylation is 2. The molecule has 0 bridgehead atoms. The standard InChI is InChI=1S/C16H25NSi/c1-6-18(7-2,8-3)15-12-14-11-9-10-13(4)16(14)17(15)5/h9-12H,6-8H2,1-5H3. The molecule has 0 saturated heterocycles. The second-order valence-corrected chi connectivity index (χ2v) is 10.6. The highest BCUT2D eigenvalue weighted by atomic mass is 28.3. The van der Waals surface area contributed by atoms with Crippen LogP contribution in [0.2, 0.25) is 18.1 Å². The molecular formula is C16H25NSi. The van der Waals surface area contributed by atoms with Gasteiger partial charge in [0, 0.05) is 12.4 Å². The highest BCUT2D eigenvalue weighted by molar-refractivity contribution is 6.91. The van der Waals surface area contributed by atoms with E-state index in [0.29, 0.717) is 0 Å². The van der Waals surface area contributed by atoms with Gasteiger partial charge in [0.15, 0.2) is 0 Å². The van der Waals surface area contributed by atoms with Crippen LogP contribution in [-0.2, 0) is 7.05 Å². The molecule has 0 atom stereocenters. The van der Waals surface area contributed by atoms with E-state index in [9.17, 15) is 0 Å². The van der Waals surface area contributed by atoms with Crippen molar-refractivity contribution in [1.29, 1.82) is 0 Å². The van der Waals surface area contributed by atoms with E-state index >= 15 is 0 Å². The fraction of sp³-hybridized carbons (Fsp3) is 0.500. The largest absolute Gasteiger partial charge is 0.351 e. The molecule has 18 heavy (non-hydrogen) atoms. The molecule has 0 N–H and O–H groups in total. The van der Waals surface area contributed by atoms with E-state index in [1.54, 1.807) is 5.32 Å². The Hall–Kier alpha value is -1.02. The zero-order chi connectivity index (χ0) is 13.3. The van der Waals surface area contributed by atoms with Gasteiger partial charge in [0.05, 0.1) is 5.52 Å². The maximum absolute atomic E-state index is 2.48. The number of hydrogen-bond donors (Lipinski definition) is 0. The Balaban J connectivity index is 2.72. The monoisotopic (exact) mass is 259 g/mol. The van der Waals surface area contributed by atoms with Crippen LogP contribution in [0.1, 0.15) is 26.3 Å². The fourth-order valence-corrected chi connectivity index (χ4v) is 7.29. The van der Waals surface area contributed by atoms with Gasteiger partial charge in [0.1, 0.15) is 8.07 Å². The second-order valence-electron chi connectivity index (χ2n) is 5.44. The summed E-state index contributed by atoms with van der Waals surface area (Å²) < 4.78 is 2.48. The van der Waals surface area contributed by atoms with Crippen LogP contribution in [0, 0.1) is 6.92 Å². The van der Waals surface area contributed by atoms with Crippen LogP contribution in [0.25, 0.3) is 10.9 Å². The van der Waals surface area contributed by atoms with Crippen LogP contribution < -0.4 is 5.32 Å². The Morgan fingerprint density at radius 3 is 2.17 bits per heavy atom. The van der Waals surface area contributed by atoms with Gasteiger partial charge < -0.3 is 4.57 Å². The van der Waals surface area contributed by atoms with Crippen molar-refractivity contribution >= 4 is 24.3 Å². The van der Waals surface area contributed by atoms with Crippen LogP contribution in [0.5, 0.6) is 0 Å². The molecule has 0 aliphatic rings. The Kier molecular flexibility index (Phi) is 3.67. The van der Waals surface area contributed by atoms with Crippen molar-refractivity contribution in [2.75, 3.05) is 0 Å². The number of hydrogen-bond acceptors (Lipinski definition) is 0. The van der Waals surface area contributed by atoms with Crippen LogP contribution >= 0.6 is 0 Å². The van der Waals surface area contributed by atoms with E-state index in [4.69, 9.17) is 0 Å². The number of rotatable bonds is 4. The first-order valence-electron chi connectivity index (χ1n) is 7.15. The molecule has 0 spiro atoms. The molecule has 2 heteroatoms. The normalized spacial score (nSPS) is 12.3. The maximum atomic E-state index is 2.48. The van der Waals surface area contributed by atoms with Crippen LogP contribution in [0.4, 0.5) is 0 Å². The molecule has 1 aromatic heterocycles. The van der Waals surface area contributed by atoms with Gasteiger partial charge in [-0.1, -0.05) is 57.1 Å². The van der Waals surface area contributed by atoms with Gasteiger partial charge in [0.25, 0.3) is 0 Å². The predicted molar refractivity (Wildman–Crippen MR) is 84.5 cm³/mol. The van der Waals surface area contributed by atoms with Gasteiger partial charge in [-0.3, -0.25) is 0 Å². The Morgan fingerprint density at radius 2 is 1.67 bits per heavy atom. The summed E-state index contributed by atoms with van der Waals surface area (Å²) >= 11 is 0. The SMILES string of the molecule is CC[Si](CC)(CC)c1cc2cccc(C)c2n1C. The molecule has 0 saturated carbocycles. The molecule has 0 aliphatic carbocycles. The highest BCUT2D eigenvalue weighted by Gasteiger charge is 2.32. The number of fused-ring (bicyclic) bond motifs is 1. The molecule has 0 aliphatic heterocycles.